The first-order valence-corrected chi connectivity index (χ1v) is 5.56. The standard InChI is InChI=1S/C14H10N2O2/c17-16(18)11-6-7-12-13(9-15-14(12)8-11)10-4-2-1-3-5-10/h1-9,15H. The average molecular weight is 238 g/mol. The Morgan fingerprint density at radius 1 is 1.06 bits per heavy atom. The Morgan fingerprint density at radius 2 is 1.83 bits per heavy atom. The lowest BCUT2D eigenvalue weighted by Gasteiger charge is -1.98. The van der Waals surface area contributed by atoms with Crippen molar-refractivity contribution in [1.82, 2.24) is 4.98 Å². The Bertz CT molecular complexity index is 717. The van der Waals surface area contributed by atoms with Crippen LogP contribution in [0.15, 0.2) is 54.7 Å². The van der Waals surface area contributed by atoms with Gasteiger partial charge in [0.25, 0.3) is 5.69 Å². The summed E-state index contributed by atoms with van der Waals surface area (Å²) in [5.41, 5.74) is 3.03. The van der Waals surface area contributed by atoms with E-state index in [4.69, 9.17) is 0 Å². The summed E-state index contributed by atoms with van der Waals surface area (Å²) < 4.78 is 0. The summed E-state index contributed by atoms with van der Waals surface area (Å²) in [5, 5.41) is 11.7. The Balaban J connectivity index is 2.19. The monoisotopic (exact) mass is 238 g/mol. The molecular weight excluding hydrogens is 228 g/mol. The highest BCUT2D eigenvalue weighted by Gasteiger charge is 2.10. The highest BCUT2D eigenvalue weighted by Crippen LogP contribution is 2.30. The van der Waals surface area contributed by atoms with Gasteiger partial charge in [-0.2, -0.15) is 0 Å². The molecule has 1 N–H and O–H groups in total. The van der Waals surface area contributed by atoms with E-state index < -0.39 is 0 Å². The van der Waals surface area contributed by atoms with Gasteiger partial charge in [-0.15, -0.1) is 0 Å². The minimum absolute atomic E-state index is 0.101. The van der Waals surface area contributed by atoms with Gasteiger partial charge in [0.05, 0.1) is 10.4 Å². The Kier molecular flexibility index (Phi) is 2.34. The molecule has 88 valence electrons. The fourth-order valence-corrected chi connectivity index (χ4v) is 2.08. The first-order valence-electron chi connectivity index (χ1n) is 5.56. The molecule has 0 amide bonds. The van der Waals surface area contributed by atoms with E-state index in [2.05, 4.69) is 4.98 Å². The van der Waals surface area contributed by atoms with Crippen LogP contribution < -0.4 is 0 Å². The number of benzene rings is 2. The summed E-state index contributed by atoms with van der Waals surface area (Å²) in [7, 11) is 0. The lowest BCUT2D eigenvalue weighted by atomic mass is 10.0. The van der Waals surface area contributed by atoms with Gasteiger partial charge < -0.3 is 4.98 Å². The van der Waals surface area contributed by atoms with Crippen molar-refractivity contribution < 1.29 is 4.92 Å². The molecule has 0 aliphatic rings. The second-order valence-electron chi connectivity index (χ2n) is 4.06. The molecule has 4 nitrogen and oxygen atoms in total. The van der Waals surface area contributed by atoms with Crippen LogP contribution in [0.1, 0.15) is 0 Å². The second kappa shape index (κ2) is 4.00. The zero-order chi connectivity index (χ0) is 12.5. The van der Waals surface area contributed by atoms with E-state index in [1.807, 2.05) is 36.5 Å². The van der Waals surface area contributed by atoms with Gasteiger partial charge in [-0.05, 0) is 11.6 Å². The molecule has 2 aromatic carbocycles. The number of nitrogens with one attached hydrogen (secondary N) is 1. The summed E-state index contributed by atoms with van der Waals surface area (Å²) in [5.74, 6) is 0. The highest BCUT2D eigenvalue weighted by atomic mass is 16.6. The number of aromatic amines is 1. The van der Waals surface area contributed by atoms with E-state index in [9.17, 15) is 10.1 Å². The molecule has 1 heterocycles. The lowest BCUT2D eigenvalue weighted by Crippen LogP contribution is -1.86. The third kappa shape index (κ3) is 1.64. The molecule has 1 aromatic heterocycles. The van der Waals surface area contributed by atoms with Crippen LogP contribution in [-0.4, -0.2) is 9.91 Å². The van der Waals surface area contributed by atoms with Crippen LogP contribution in [0.25, 0.3) is 22.0 Å². The van der Waals surface area contributed by atoms with Crippen molar-refractivity contribution in [2.75, 3.05) is 0 Å². The number of hydrogen-bond donors (Lipinski definition) is 1. The molecule has 0 radical (unpaired) electrons. The van der Waals surface area contributed by atoms with Gasteiger partial charge in [0.2, 0.25) is 0 Å². The van der Waals surface area contributed by atoms with Gasteiger partial charge in [0, 0.05) is 29.3 Å². The molecule has 0 fully saturated rings. The van der Waals surface area contributed by atoms with Gasteiger partial charge in [0.1, 0.15) is 0 Å². The van der Waals surface area contributed by atoms with Crippen LogP contribution in [0.3, 0.4) is 0 Å². The smallest absolute Gasteiger partial charge is 0.271 e. The summed E-state index contributed by atoms with van der Waals surface area (Å²) in [6.07, 6.45) is 1.88. The number of non-ortho nitro benzene ring substituents is 1. The number of H-pyrrole nitrogens is 1. The molecule has 0 saturated heterocycles. The first kappa shape index (κ1) is 10.5. The molecule has 0 aliphatic heterocycles. The third-order valence-corrected chi connectivity index (χ3v) is 2.96. The van der Waals surface area contributed by atoms with E-state index in [1.54, 1.807) is 12.1 Å². The van der Waals surface area contributed by atoms with Crippen LogP contribution in [0.2, 0.25) is 0 Å². The number of hydrogen-bond acceptors (Lipinski definition) is 2. The highest BCUT2D eigenvalue weighted by molar-refractivity contribution is 5.96. The molecule has 0 aliphatic carbocycles. The number of rotatable bonds is 2. The zero-order valence-corrected chi connectivity index (χ0v) is 9.46. The zero-order valence-electron chi connectivity index (χ0n) is 9.46. The summed E-state index contributed by atoms with van der Waals surface area (Å²) in [4.78, 5) is 13.4. The predicted molar refractivity (Wildman–Crippen MR) is 70.4 cm³/mol. The van der Waals surface area contributed by atoms with Crippen LogP contribution in [0, 0.1) is 10.1 Å². The quantitative estimate of drug-likeness (QED) is 0.546. The van der Waals surface area contributed by atoms with E-state index in [0.717, 1.165) is 22.0 Å². The maximum atomic E-state index is 10.7. The molecule has 3 rings (SSSR count). The predicted octanol–water partition coefficient (Wildman–Crippen LogP) is 3.74. The normalized spacial score (nSPS) is 10.7. The van der Waals surface area contributed by atoms with Crippen LogP contribution in [0.5, 0.6) is 0 Å². The van der Waals surface area contributed by atoms with Crippen molar-refractivity contribution in [2.24, 2.45) is 0 Å². The van der Waals surface area contributed by atoms with E-state index >= 15 is 0 Å². The molecular formula is C14H10N2O2. The van der Waals surface area contributed by atoms with Gasteiger partial charge in [-0.3, -0.25) is 10.1 Å². The number of aromatic nitrogens is 1. The maximum absolute atomic E-state index is 10.7. The molecule has 0 atom stereocenters. The lowest BCUT2D eigenvalue weighted by molar-refractivity contribution is -0.384. The van der Waals surface area contributed by atoms with Crippen LogP contribution >= 0.6 is 0 Å². The number of nitro benzene ring substituents is 1. The minimum Gasteiger partial charge on any atom is -0.360 e. The van der Waals surface area contributed by atoms with Crippen LogP contribution in [-0.2, 0) is 0 Å². The van der Waals surface area contributed by atoms with Crippen LogP contribution in [0.4, 0.5) is 5.69 Å². The molecule has 3 aromatic rings. The first-order chi connectivity index (χ1) is 8.75. The summed E-state index contributed by atoms with van der Waals surface area (Å²) in [6, 6.07) is 14.8. The van der Waals surface area contributed by atoms with Crippen molar-refractivity contribution in [3.8, 4) is 11.1 Å². The Hall–Kier alpha value is -2.62. The molecule has 0 spiro atoms. The Morgan fingerprint density at radius 3 is 2.56 bits per heavy atom. The van der Waals surface area contributed by atoms with E-state index in [-0.39, 0.29) is 10.6 Å². The number of fused-ring (bicyclic) bond motifs is 1. The molecule has 0 bridgehead atoms. The van der Waals surface area contributed by atoms with Crippen molar-refractivity contribution in [3.63, 3.8) is 0 Å². The second-order valence-corrected chi connectivity index (χ2v) is 4.06. The summed E-state index contributed by atoms with van der Waals surface area (Å²) in [6.45, 7) is 0. The van der Waals surface area contributed by atoms with Crippen molar-refractivity contribution in [2.45, 2.75) is 0 Å². The molecule has 4 heteroatoms. The van der Waals surface area contributed by atoms with Crippen molar-refractivity contribution in [3.05, 3.63) is 64.8 Å². The molecule has 18 heavy (non-hydrogen) atoms. The van der Waals surface area contributed by atoms with E-state index in [0.29, 0.717) is 0 Å². The molecule has 0 saturated carbocycles. The van der Waals surface area contributed by atoms with Gasteiger partial charge in [0.15, 0.2) is 0 Å². The fourth-order valence-electron chi connectivity index (χ4n) is 2.08. The summed E-state index contributed by atoms with van der Waals surface area (Å²) >= 11 is 0. The average Bonchev–Trinajstić information content (AvgIpc) is 2.82. The largest absolute Gasteiger partial charge is 0.360 e. The van der Waals surface area contributed by atoms with E-state index in [1.165, 1.54) is 6.07 Å². The SMILES string of the molecule is O=[N+]([O-])c1ccc2c(-c3ccccc3)c[nH]c2c1. The Labute approximate surface area is 103 Å². The number of nitro groups is 1. The van der Waals surface area contributed by atoms with Gasteiger partial charge in [-0.25, -0.2) is 0 Å². The maximum Gasteiger partial charge on any atom is 0.271 e. The van der Waals surface area contributed by atoms with Crippen molar-refractivity contribution in [1.29, 1.82) is 0 Å². The molecule has 0 unspecified atom stereocenters. The topological polar surface area (TPSA) is 58.9 Å². The van der Waals surface area contributed by atoms with Gasteiger partial charge in [-0.1, -0.05) is 30.3 Å². The van der Waals surface area contributed by atoms with Crippen molar-refractivity contribution >= 4 is 16.6 Å². The number of nitrogens with zero attached hydrogens (tertiary/aromatic N) is 1. The fraction of sp³-hybridized carbons (Fsp3) is 0. The minimum atomic E-state index is -0.386. The van der Waals surface area contributed by atoms with Gasteiger partial charge >= 0.3 is 0 Å². The third-order valence-electron chi connectivity index (χ3n) is 2.96.